The lowest BCUT2D eigenvalue weighted by Gasteiger charge is -2.31. The molecule has 1 heterocycles. The van der Waals surface area contributed by atoms with Crippen molar-refractivity contribution in [3.8, 4) is 22.9 Å². The number of hydrogen-bond donors (Lipinski definition) is 0. The van der Waals surface area contributed by atoms with E-state index < -0.39 is 0 Å². The zero-order valence-corrected chi connectivity index (χ0v) is 16.0. The van der Waals surface area contributed by atoms with Gasteiger partial charge in [-0.25, -0.2) is 0 Å². The number of nitriles is 1. The number of hydrogen-bond acceptors (Lipinski definition) is 3. The van der Waals surface area contributed by atoms with Crippen molar-refractivity contribution in [3.05, 3.63) is 59.7 Å². The number of methoxy groups -OCH3 is 1. The molecule has 3 aromatic rings. The topological polar surface area (TPSA) is 36.3 Å². The maximum Gasteiger partial charge on any atom is 0.131 e. The summed E-state index contributed by atoms with van der Waals surface area (Å²) in [5, 5.41) is 12.3. The van der Waals surface area contributed by atoms with Gasteiger partial charge in [-0.05, 0) is 48.6 Å². The molecule has 1 aliphatic heterocycles. The Balaban J connectivity index is 1.99. The third kappa shape index (κ3) is 3.02. The summed E-state index contributed by atoms with van der Waals surface area (Å²) in [6, 6.07) is 19.4. The highest BCUT2D eigenvalue weighted by Crippen LogP contribution is 2.42. The predicted octanol–water partition coefficient (Wildman–Crippen LogP) is 5.69. The summed E-state index contributed by atoms with van der Waals surface area (Å²) in [5.41, 5.74) is 4.91. The minimum Gasteiger partial charge on any atom is -0.496 e. The molecule has 3 heteroatoms. The Kier molecular flexibility index (Phi) is 4.73. The fourth-order valence-corrected chi connectivity index (χ4v) is 4.23. The first-order chi connectivity index (χ1) is 13.2. The van der Waals surface area contributed by atoms with Gasteiger partial charge < -0.3 is 9.64 Å². The van der Waals surface area contributed by atoms with Crippen LogP contribution in [-0.4, -0.2) is 20.2 Å². The summed E-state index contributed by atoms with van der Waals surface area (Å²) in [7, 11) is 1.69. The van der Waals surface area contributed by atoms with Gasteiger partial charge in [-0.2, -0.15) is 5.26 Å². The summed E-state index contributed by atoms with van der Waals surface area (Å²) < 4.78 is 5.79. The second-order valence-corrected chi connectivity index (χ2v) is 7.16. The van der Waals surface area contributed by atoms with Crippen molar-refractivity contribution in [3.63, 3.8) is 0 Å². The molecule has 27 heavy (non-hydrogen) atoms. The largest absolute Gasteiger partial charge is 0.496 e. The fourth-order valence-electron chi connectivity index (χ4n) is 4.23. The molecular weight excluding hydrogens is 332 g/mol. The quantitative estimate of drug-likeness (QED) is 0.605. The number of benzene rings is 3. The van der Waals surface area contributed by atoms with Gasteiger partial charge in [-0.3, -0.25) is 0 Å². The van der Waals surface area contributed by atoms with Crippen LogP contribution in [0.4, 0.5) is 5.69 Å². The minimum atomic E-state index is 0.734. The van der Waals surface area contributed by atoms with Crippen LogP contribution >= 0.6 is 0 Å². The summed E-state index contributed by atoms with van der Waals surface area (Å²) in [4.78, 5) is 2.36. The molecule has 0 spiro atoms. The average molecular weight is 356 g/mol. The zero-order chi connectivity index (χ0) is 18.8. The first kappa shape index (κ1) is 17.4. The zero-order valence-electron chi connectivity index (χ0n) is 16.0. The molecule has 136 valence electrons. The third-order valence-corrected chi connectivity index (χ3v) is 5.59. The van der Waals surface area contributed by atoms with Gasteiger partial charge in [0, 0.05) is 24.2 Å². The lowest BCUT2D eigenvalue weighted by Crippen LogP contribution is -2.30. The highest BCUT2D eigenvalue weighted by Gasteiger charge is 2.22. The van der Waals surface area contributed by atoms with Crippen LogP contribution in [0.5, 0.6) is 5.75 Å². The summed E-state index contributed by atoms with van der Waals surface area (Å²) in [6.45, 7) is 4.02. The highest BCUT2D eigenvalue weighted by atomic mass is 16.5. The number of anilines is 1. The van der Waals surface area contributed by atoms with Crippen molar-refractivity contribution in [1.82, 2.24) is 0 Å². The number of nitrogens with zero attached hydrogens (tertiary/aromatic N) is 2. The lowest BCUT2D eigenvalue weighted by atomic mass is 9.92. The van der Waals surface area contributed by atoms with Crippen LogP contribution in [0.25, 0.3) is 21.9 Å². The predicted molar refractivity (Wildman–Crippen MR) is 111 cm³/mol. The van der Waals surface area contributed by atoms with Crippen molar-refractivity contribution in [2.75, 3.05) is 25.1 Å². The molecule has 0 N–H and O–H groups in total. The second-order valence-electron chi connectivity index (χ2n) is 7.16. The van der Waals surface area contributed by atoms with Gasteiger partial charge in [-0.1, -0.05) is 42.5 Å². The molecule has 0 atom stereocenters. The Hall–Kier alpha value is -2.99. The molecule has 4 rings (SSSR count). The van der Waals surface area contributed by atoms with Crippen molar-refractivity contribution < 1.29 is 4.74 Å². The summed E-state index contributed by atoms with van der Waals surface area (Å²) in [6.07, 6.45) is 3.63. The highest BCUT2D eigenvalue weighted by molar-refractivity contribution is 5.99. The van der Waals surface area contributed by atoms with Crippen molar-refractivity contribution in [2.24, 2.45) is 0 Å². The summed E-state index contributed by atoms with van der Waals surface area (Å²) in [5.74, 6) is 0.795. The Morgan fingerprint density at radius 1 is 0.963 bits per heavy atom. The van der Waals surface area contributed by atoms with E-state index in [4.69, 9.17) is 4.74 Å². The monoisotopic (exact) mass is 356 g/mol. The van der Waals surface area contributed by atoms with Crippen molar-refractivity contribution in [2.45, 2.75) is 26.2 Å². The Morgan fingerprint density at radius 2 is 1.70 bits per heavy atom. The normalized spacial score (nSPS) is 14.2. The molecular formula is C24H24N2O. The first-order valence-electron chi connectivity index (χ1n) is 9.59. The smallest absolute Gasteiger partial charge is 0.131 e. The SMILES string of the molecule is COc1c(-c2cccc3ccccc23)cc(N2CCCCC2)c(C#N)c1C. The Morgan fingerprint density at radius 3 is 2.44 bits per heavy atom. The van der Waals surface area contributed by atoms with E-state index in [0.29, 0.717) is 0 Å². The maximum absolute atomic E-state index is 9.85. The first-order valence-corrected chi connectivity index (χ1v) is 9.59. The van der Waals surface area contributed by atoms with Crippen LogP contribution in [0.15, 0.2) is 48.5 Å². The number of ether oxygens (including phenoxy) is 1. The van der Waals surface area contributed by atoms with E-state index in [9.17, 15) is 5.26 Å². The van der Waals surface area contributed by atoms with Crippen LogP contribution < -0.4 is 9.64 Å². The average Bonchev–Trinajstić information content (AvgIpc) is 2.73. The molecule has 0 bridgehead atoms. The van der Waals surface area contributed by atoms with Gasteiger partial charge in [0.2, 0.25) is 0 Å². The minimum absolute atomic E-state index is 0.734. The van der Waals surface area contributed by atoms with Crippen LogP contribution in [0.1, 0.15) is 30.4 Å². The molecule has 1 aliphatic rings. The van der Waals surface area contributed by atoms with Crippen LogP contribution in [-0.2, 0) is 0 Å². The van der Waals surface area contributed by atoms with Gasteiger partial charge in [-0.15, -0.1) is 0 Å². The van der Waals surface area contributed by atoms with Gasteiger partial charge >= 0.3 is 0 Å². The molecule has 0 aromatic heterocycles. The van der Waals surface area contributed by atoms with Crippen LogP contribution in [0, 0.1) is 18.3 Å². The lowest BCUT2D eigenvalue weighted by molar-refractivity contribution is 0.413. The summed E-state index contributed by atoms with van der Waals surface area (Å²) >= 11 is 0. The molecule has 0 saturated carbocycles. The van der Waals surface area contributed by atoms with E-state index in [1.807, 2.05) is 6.92 Å². The van der Waals surface area contributed by atoms with Gasteiger partial charge in [0.1, 0.15) is 11.8 Å². The van der Waals surface area contributed by atoms with E-state index in [1.54, 1.807) is 7.11 Å². The number of fused-ring (bicyclic) bond motifs is 1. The Labute approximate surface area is 160 Å². The Bertz CT molecular complexity index is 1020. The molecule has 1 fully saturated rings. The molecule has 0 amide bonds. The molecule has 1 saturated heterocycles. The van der Waals surface area contributed by atoms with E-state index >= 15 is 0 Å². The number of piperidine rings is 1. The van der Waals surface area contributed by atoms with E-state index in [0.717, 1.165) is 46.8 Å². The van der Waals surface area contributed by atoms with Gasteiger partial charge in [0.15, 0.2) is 0 Å². The standard InChI is InChI=1S/C24H24N2O/c1-17-22(16-25)23(26-13-6-3-7-14-26)15-21(24(17)27-2)20-12-8-10-18-9-4-5-11-19(18)20/h4-5,8-12,15H,3,6-7,13-14H2,1-2H3. The van der Waals surface area contributed by atoms with Gasteiger partial charge in [0.05, 0.1) is 18.4 Å². The third-order valence-electron chi connectivity index (χ3n) is 5.59. The number of rotatable bonds is 3. The van der Waals surface area contributed by atoms with Crippen molar-refractivity contribution >= 4 is 16.5 Å². The van der Waals surface area contributed by atoms with Gasteiger partial charge in [0.25, 0.3) is 0 Å². The van der Waals surface area contributed by atoms with Crippen LogP contribution in [0.3, 0.4) is 0 Å². The van der Waals surface area contributed by atoms with E-state index in [1.165, 1.54) is 30.0 Å². The van der Waals surface area contributed by atoms with Crippen molar-refractivity contribution in [1.29, 1.82) is 5.26 Å². The van der Waals surface area contributed by atoms with Crippen LogP contribution in [0.2, 0.25) is 0 Å². The molecule has 0 unspecified atom stereocenters. The molecule has 3 aromatic carbocycles. The fraction of sp³-hybridized carbons (Fsp3) is 0.292. The molecule has 0 aliphatic carbocycles. The maximum atomic E-state index is 9.85. The van der Waals surface area contributed by atoms with E-state index in [2.05, 4.69) is 59.5 Å². The second kappa shape index (κ2) is 7.32. The van der Waals surface area contributed by atoms with E-state index in [-0.39, 0.29) is 0 Å². The molecule has 3 nitrogen and oxygen atoms in total. The molecule has 0 radical (unpaired) electrons.